The van der Waals surface area contributed by atoms with Crippen LogP contribution in [-0.4, -0.2) is 16.1 Å². The van der Waals surface area contributed by atoms with E-state index in [-0.39, 0.29) is 5.56 Å². The monoisotopic (exact) mass is 249 g/mol. The molecule has 2 N–H and O–H groups in total. The SMILES string of the molecule is O=C(O)c1cc(=O)[nH]cc1-c1ccccc1Cl. The molecule has 0 saturated carbocycles. The first-order valence-corrected chi connectivity index (χ1v) is 5.18. The minimum Gasteiger partial charge on any atom is -0.478 e. The molecule has 0 radical (unpaired) electrons. The summed E-state index contributed by atoms with van der Waals surface area (Å²) < 4.78 is 0. The highest BCUT2D eigenvalue weighted by Crippen LogP contribution is 2.28. The van der Waals surface area contributed by atoms with Gasteiger partial charge in [-0.25, -0.2) is 4.79 Å². The van der Waals surface area contributed by atoms with Crippen molar-refractivity contribution in [2.24, 2.45) is 0 Å². The lowest BCUT2D eigenvalue weighted by Crippen LogP contribution is -2.10. The van der Waals surface area contributed by atoms with Crippen LogP contribution in [0.15, 0.2) is 41.3 Å². The Hall–Kier alpha value is -2.07. The van der Waals surface area contributed by atoms with Crippen LogP contribution in [0, 0.1) is 0 Å². The lowest BCUT2D eigenvalue weighted by molar-refractivity contribution is 0.0697. The number of pyridine rings is 1. The van der Waals surface area contributed by atoms with Gasteiger partial charge in [0.15, 0.2) is 0 Å². The zero-order valence-electron chi connectivity index (χ0n) is 8.61. The Morgan fingerprint density at radius 2 is 1.94 bits per heavy atom. The Kier molecular flexibility index (Phi) is 2.97. The van der Waals surface area contributed by atoms with Crippen molar-refractivity contribution in [3.05, 3.63) is 57.5 Å². The molecule has 0 aliphatic carbocycles. The highest BCUT2D eigenvalue weighted by atomic mass is 35.5. The summed E-state index contributed by atoms with van der Waals surface area (Å²) in [7, 11) is 0. The van der Waals surface area contributed by atoms with Gasteiger partial charge in [0.25, 0.3) is 0 Å². The number of hydrogen-bond donors (Lipinski definition) is 2. The van der Waals surface area contributed by atoms with Crippen molar-refractivity contribution in [3.8, 4) is 11.1 Å². The number of carbonyl (C=O) groups is 1. The Bertz CT molecular complexity index is 634. The summed E-state index contributed by atoms with van der Waals surface area (Å²) in [6.07, 6.45) is 1.35. The summed E-state index contributed by atoms with van der Waals surface area (Å²) in [6.45, 7) is 0. The predicted molar refractivity (Wildman–Crippen MR) is 64.5 cm³/mol. The van der Waals surface area contributed by atoms with Gasteiger partial charge in [-0.15, -0.1) is 0 Å². The minimum atomic E-state index is -1.16. The molecule has 1 aromatic heterocycles. The van der Waals surface area contributed by atoms with Gasteiger partial charge in [0.1, 0.15) is 0 Å². The molecule has 0 amide bonds. The molecule has 2 rings (SSSR count). The second-order valence-electron chi connectivity index (χ2n) is 3.41. The number of benzene rings is 1. The lowest BCUT2D eigenvalue weighted by atomic mass is 10.0. The molecular formula is C12H8ClNO3. The molecule has 0 atom stereocenters. The van der Waals surface area contributed by atoms with Crippen molar-refractivity contribution < 1.29 is 9.90 Å². The van der Waals surface area contributed by atoms with Crippen molar-refractivity contribution in [1.82, 2.24) is 4.98 Å². The summed E-state index contributed by atoms with van der Waals surface area (Å²) >= 11 is 5.99. The number of nitrogens with one attached hydrogen (secondary N) is 1. The highest BCUT2D eigenvalue weighted by molar-refractivity contribution is 6.33. The van der Waals surface area contributed by atoms with Gasteiger partial charge in [0.2, 0.25) is 5.56 Å². The number of H-pyrrole nitrogens is 1. The number of halogens is 1. The topological polar surface area (TPSA) is 70.2 Å². The van der Waals surface area contributed by atoms with E-state index in [9.17, 15) is 9.59 Å². The standard InChI is InChI=1S/C12H8ClNO3/c13-10-4-2-1-3-7(10)9-6-14-11(15)5-8(9)12(16)17/h1-6H,(H,14,15)(H,16,17). The molecule has 0 aliphatic heterocycles. The zero-order valence-corrected chi connectivity index (χ0v) is 9.36. The van der Waals surface area contributed by atoms with Crippen molar-refractivity contribution >= 4 is 17.6 Å². The van der Waals surface area contributed by atoms with E-state index in [0.29, 0.717) is 16.1 Å². The summed E-state index contributed by atoms with van der Waals surface area (Å²) in [6, 6.07) is 7.90. The van der Waals surface area contributed by atoms with Gasteiger partial charge in [0, 0.05) is 28.4 Å². The van der Waals surface area contributed by atoms with Crippen LogP contribution in [0.4, 0.5) is 0 Å². The lowest BCUT2D eigenvalue weighted by Gasteiger charge is -2.07. The maximum absolute atomic E-state index is 11.1. The molecule has 17 heavy (non-hydrogen) atoms. The Balaban J connectivity index is 2.72. The fourth-order valence-electron chi connectivity index (χ4n) is 1.55. The number of rotatable bonds is 2. The van der Waals surface area contributed by atoms with Crippen LogP contribution < -0.4 is 5.56 Å². The van der Waals surface area contributed by atoms with Crippen LogP contribution in [0.2, 0.25) is 5.02 Å². The van der Waals surface area contributed by atoms with Crippen LogP contribution >= 0.6 is 11.6 Å². The average molecular weight is 250 g/mol. The summed E-state index contributed by atoms with van der Waals surface area (Å²) in [5, 5.41) is 9.48. The molecule has 0 unspecified atom stereocenters. The van der Waals surface area contributed by atoms with Gasteiger partial charge < -0.3 is 10.1 Å². The van der Waals surface area contributed by atoms with E-state index in [4.69, 9.17) is 16.7 Å². The third kappa shape index (κ3) is 2.21. The molecule has 0 spiro atoms. The van der Waals surface area contributed by atoms with Crippen LogP contribution in [0.1, 0.15) is 10.4 Å². The van der Waals surface area contributed by atoms with E-state index in [2.05, 4.69) is 4.98 Å². The maximum atomic E-state index is 11.1. The zero-order chi connectivity index (χ0) is 12.4. The quantitative estimate of drug-likeness (QED) is 0.859. The Labute approximate surface area is 101 Å². The maximum Gasteiger partial charge on any atom is 0.336 e. The van der Waals surface area contributed by atoms with Crippen LogP contribution in [0.25, 0.3) is 11.1 Å². The number of aromatic amines is 1. The van der Waals surface area contributed by atoms with E-state index < -0.39 is 11.5 Å². The Morgan fingerprint density at radius 3 is 2.59 bits per heavy atom. The molecule has 1 heterocycles. The number of aromatic nitrogens is 1. The molecule has 86 valence electrons. The smallest absolute Gasteiger partial charge is 0.336 e. The predicted octanol–water partition coefficient (Wildman–Crippen LogP) is 2.39. The van der Waals surface area contributed by atoms with E-state index in [0.717, 1.165) is 6.07 Å². The molecule has 0 bridgehead atoms. The van der Waals surface area contributed by atoms with Crippen LogP contribution in [0.5, 0.6) is 0 Å². The minimum absolute atomic E-state index is 0.0677. The number of carboxylic acids is 1. The molecule has 0 fully saturated rings. The van der Waals surface area contributed by atoms with E-state index in [1.165, 1.54) is 6.20 Å². The number of carboxylic acid groups (broad SMARTS) is 1. The fourth-order valence-corrected chi connectivity index (χ4v) is 1.79. The third-order valence-electron chi connectivity index (χ3n) is 2.32. The van der Waals surface area contributed by atoms with Crippen molar-refractivity contribution in [3.63, 3.8) is 0 Å². The van der Waals surface area contributed by atoms with Gasteiger partial charge >= 0.3 is 5.97 Å². The largest absolute Gasteiger partial charge is 0.478 e. The van der Waals surface area contributed by atoms with E-state index in [1.54, 1.807) is 24.3 Å². The Morgan fingerprint density at radius 1 is 1.24 bits per heavy atom. The summed E-state index contributed by atoms with van der Waals surface area (Å²) in [5.41, 5.74) is 0.436. The van der Waals surface area contributed by atoms with Gasteiger partial charge in [-0.05, 0) is 6.07 Å². The van der Waals surface area contributed by atoms with Crippen molar-refractivity contribution in [1.29, 1.82) is 0 Å². The average Bonchev–Trinajstić information content (AvgIpc) is 2.30. The number of aromatic carboxylic acids is 1. The van der Waals surface area contributed by atoms with Crippen molar-refractivity contribution in [2.75, 3.05) is 0 Å². The number of hydrogen-bond acceptors (Lipinski definition) is 2. The summed E-state index contributed by atoms with van der Waals surface area (Å²) in [5.74, 6) is -1.16. The summed E-state index contributed by atoms with van der Waals surface area (Å²) in [4.78, 5) is 24.6. The van der Waals surface area contributed by atoms with Crippen molar-refractivity contribution in [2.45, 2.75) is 0 Å². The molecule has 0 saturated heterocycles. The van der Waals surface area contributed by atoms with Gasteiger partial charge in [-0.3, -0.25) is 4.79 Å². The molecule has 0 aliphatic rings. The molecule has 2 aromatic rings. The van der Waals surface area contributed by atoms with E-state index >= 15 is 0 Å². The molecular weight excluding hydrogens is 242 g/mol. The molecule has 5 heteroatoms. The molecule has 1 aromatic carbocycles. The van der Waals surface area contributed by atoms with Gasteiger partial charge in [0.05, 0.1) is 5.56 Å². The second-order valence-corrected chi connectivity index (χ2v) is 3.82. The third-order valence-corrected chi connectivity index (χ3v) is 2.65. The van der Waals surface area contributed by atoms with Crippen LogP contribution in [0.3, 0.4) is 0 Å². The molecule has 4 nitrogen and oxygen atoms in total. The normalized spacial score (nSPS) is 10.2. The second kappa shape index (κ2) is 4.43. The van der Waals surface area contributed by atoms with E-state index in [1.807, 2.05) is 0 Å². The first-order chi connectivity index (χ1) is 8.09. The first-order valence-electron chi connectivity index (χ1n) is 4.80. The first kappa shape index (κ1) is 11.4. The van der Waals surface area contributed by atoms with Crippen LogP contribution in [-0.2, 0) is 0 Å². The van der Waals surface area contributed by atoms with Gasteiger partial charge in [-0.1, -0.05) is 29.8 Å². The highest BCUT2D eigenvalue weighted by Gasteiger charge is 2.14. The van der Waals surface area contributed by atoms with Gasteiger partial charge in [-0.2, -0.15) is 0 Å². The fraction of sp³-hybridized carbons (Fsp3) is 0.